The van der Waals surface area contributed by atoms with Crippen molar-refractivity contribution in [2.75, 3.05) is 5.75 Å². The zero-order valence-corrected chi connectivity index (χ0v) is 19.3. The highest BCUT2D eigenvalue weighted by atomic mass is 32.2. The van der Waals surface area contributed by atoms with Gasteiger partial charge in [0.2, 0.25) is 0 Å². The van der Waals surface area contributed by atoms with Crippen LogP contribution in [0, 0.1) is 0 Å². The Hall–Kier alpha value is -3.33. The van der Waals surface area contributed by atoms with E-state index in [1.807, 2.05) is 23.6 Å². The molecule has 32 heavy (non-hydrogen) atoms. The minimum Gasteiger partial charge on any atom is -0.508 e. The number of phenols is 2. The van der Waals surface area contributed by atoms with Gasteiger partial charge in [-0.05, 0) is 30.0 Å². The monoisotopic (exact) mass is 453 g/mol. The summed E-state index contributed by atoms with van der Waals surface area (Å²) < 4.78 is 1.97. The second-order valence-electron chi connectivity index (χ2n) is 8.20. The number of aromatic nitrogens is 3. The van der Waals surface area contributed by atoms with Gasteiger partial charge in [0, 0.05) is 23.7 Å². The predicted molar refractivity (Wildman–Crippen MR) is 126 cm³/mol. The van der Waals surface area contributed by atoms with Crippen LogP contribution in [0.25, 0.3) is 11.4 Å². The van der Waals surface area contributed by atoms with E-state index in [1.165, 1.54) is 41.7 Å². The molecule has 0 atom stereocenters. The van der Waals surface area contributed by atoms with Crippen molar-refractivity contribution in [2.45, 2.75) is 44.8 Å². The number of phenolic OH excluding ortho intramolecular Hbond substituents is 2. The maximum Gasteiger partial charge on any atom is 0.250 e. The molecule has 0 unspecified atom stereocenters. The lowest BCUT2D eigenvalue weighted by Crippen LogP contribution is -2.20. The number of aromatic hydroxyl groups is 2. The fourth-order valence-corrected chi connectivity index (χ4v) is 3.79. The van der Waals surface area contributed by atoms with Crippen molar-refractivity contribution >= 4 is 23.9 Å². The largest absolute Gasteiger partial charge is 0.508 e. The number of nitrogens with zero attached hydrogens (tertiary/aromatic N) is 4. The molecule has 3 rings (SSSR count). The zero-order valence-electron chi connectivity index (χ0n) is 18.5. The van der Waals surface area contributed by atoms with E-state index in [2.05, 4.69) is 53.6 Å². The van der Waals surface area contributed by atoms with E-state index in [1.54, 1.807) is 0 Å². The zero-order chi connectivity index (χ0) is 23.3. The summed E-state index contributed by atoms with van der Waals surface area (Å²) in [5.74, 6) is 0.379. The van der Waals surface area contributed by atoms with Gasteiger partial charge in [-0.3, -0.25) is 4.79 Å². The average Bonchev–Trinajstić information content (AvgIpc) is 3.16. The van der Waals surface area contributed by atoms with Crippen molar-refractivity contribution in [1.29, 1.82) is 0 Å². The Kier molecular flexibility index (Phi) is 7.19. The molecule has 0 fully saturated rings. The second-order valence-corrected chi connectivity index (χ2v) is 9.15. The summed E-state index contributed by atoms with van der Waals surface area (Å²) in [6, 6.07) is 12.4. The van der Waals surface area contributed by atoms with E-state index in [0.29, 0.717) is 17.3 Å². The Bertz CT molecular complexity index is 1120. The summed E-state index contributed by atoms with van der Waals surface area (Å²) >= 11 is 1.27. The Morgan fingerprint density at radius 1 is 1.16 bits per heavy atom. The van der Waals surface area contributed by atoms with Gasteiger partial charge in [0.05, 0.1) is 12.0 Å². The summed E-state index contributed by atoms with van der Waals surface area (Å²) in [7, 11) is 0. The van der Waals surface area contributed by atoms with Crippen LogP contribution in [0.1, 0.15) is 38.8 Å². The number of carbonyl (C=O) groups excluding carboxylic acids is 1. The molecule has 0 aliphatic rings. The van der Waals surface area contributed by atoms with Crippen molar-refractivity contribution in [1.82, 2.24) is 20.2 Å². The molecule has 3 N–H and O–H groups in total. The van der Waals surface area contributed by atoms with Crippen molar-refractivity contribution in [2.24, 2.45) is 5.10 Å². The lowest BCUT2D eigenvalue weighted by molar-refractivity contribution is -0.118. The molecule has 0 spiro atoms. The quantitative estimate of drug-likeness (QED) is 0.284. The average molecular weight is 454 g/mol. The first kappa shape index (κ1) is 23.3. The van der Waals surface area contributed by atoms with Gasteiger partial charge in [-0.2, -0.15) is 5.10 Å². The van der Waals surface area contributed by atoms with Gasteiger partial charge in [-0.1, -0.05) is 56.8 Å². The summed E-state index contributed by atoms with van der Waals surface area (Å²) in [6.07, 6.45) is 1.31. The van der Waals surface area contributed by atoms with E-state index < -0.39 is 0 Å². The van der Waals surface area contributed by atoms with Crippen LogP contribution in [0.5, 0.6) is 11.5 Å². The van der Waals surface area contributed by atoms with Crippen molar-refractivity contribution in [3.05, 3.63) is 53.6 Å². The van der Waals surface area contributed by atoms with E-state index in [0.717, 1.165) is 11.4 Å². The highest BCUT2D eigenvalue weighted by Gasteiger charge is 2.17. The smallest absolute Gasteiger partial charge is 0.250 e. The molecule has 0 aliphatic carbocycles. The maximum absolute atomic E-state index is 12.1. The minimum absolute atomic E-state index is 0.0513. The summed E-state index contributed by atoms with van der Waals surface area (Å²) in [5.41, 5.74) is 5.10. The summed E-state index contributed by atoms with van der Waals surface area (Å²) in [6.45, 7) is 9.20. The third kappa shape index (κ3) is 5.67. The van der Waals surface area contributed by atoms with E-state index >= 15 is 0 Å². The summed E-state index contributed by atoms with van der Waals surface area (Å²) in [4.78, 5) is 12.1. The van der Waals surface area contributed by atoms with E-state index in [-0.39, 0.29) is 28.6 Å². The summed E-state index contributed by atoms with van der Waals surface area (Å²) in [5, 5.41) is 32.1. The van der Waals surface area contributed by atoms with Crippen LogP contribution in [0.2, 0.25) is 0 Å². The number of thioether (sulfide) groups is 1. The molecule has 9 heteroatoms. The minimum atomic E-state index is -0.314. The van der Waals surface area contributed by atoms with Crippen LogP contribution in [0.15, 0.2) is 52.7 Å². The molecular formula is C23H27N5O3S. The van der Waals surface area contributed by atoms with Crippen molar-refractivity contribution < 1.29 is 15.0 Å². The Morgan fingerprint density at radius 2 is 1.88 bits per heavy atom. The molecule has 3 aromatic rings. The lowest BCUT2D eigenvalue weighted by atomic mass is 9.87. The fourth-order valence-electron chi connectivity index (χ4n) is 2.99. The number of amides is 1. The van der Waals surface area contributed by atoms with Crippen molar-refractivity contribution in [3.8, 4) is 22.9 Å². The number of benzene rings is 2. The number of nitrogens with one attached hydrogen (secondary N) is 1. The molecule has 0 aliphatic heterocycles. The Morgan fingerprint density at radius 3 is 2.50 bits per heavy atom. The maximum atomic E-state index is 12.1. The van der Waals surface area contributed by atoms with Crippen LogP contribution in [-0.2, 0) is 16.8 Å². The van der Waals surface area contributed by atoms with Gasteiger partial charge in [0.25, 0.3) is 5.91 Å². The van der Waals surface area contributed by atoms with Crippen molar-refractivity contribution in [3.63, 3.8) is 0 Å². The molecular weight excluding hydrogens is 426 g/mol. The molecule has 0 radical (unpaired) electrons. The standard InChI is InChI=1S/C23H27N5O3S/c1-5-28-21(15-6-9-17(10-7-15)23(2,3)4)26-27-22(28)32-14-20(31)25-24-13-16-8-11-18(29)12-19(16)30/h6-13,29-30H,5,14H2,1-4H3,(H,25,31). The van der Waals surface area contributed by atoms with Crippen LogP contribution >= 0.6 is 11.8 Å². The highest BCUT2D eigenvalue weighted by molar-refractivity contribution is 7.99. The Balaban J connectivity index is 1.62. The molecule has 0 saturated carbocycles. The van der Waals surface area contributed by atoms with E-state index in [4.69, 9.17) is 0 Å². The number of rotatable bonds is 7. The normalized spacial score (nSPS) is 11.8. The molecule has 2 aromatic carbocycles. The third-order valence-corrected chi connectivity index (χ3v) is 5.75. The Labute approximate surface area is 191 Å². The molecule has 8 nitrogen and oxygen atoms in total. The van der Waals surface area contributed by atoms with Crippen LogP contribution in [-0.4, -0.2) is 42.9 Å². The first-order valence-electron chi connectivity index (χ1n) is 10.2. The van der Waals surface area contributed by atoms with E-state index in [9.17, 15) is 15.0 Å². The molecule has 0 bridgehead atoms. The highest BCUT2D eigenvalue weighted by Crippen LogP contribution is 2.27. The number of carbonyl (C=O) groups is 1. The van der Waals surface area contributed by atoms with Gasteiger partial charge in [0.15, 0.2) is 11.0 Å². The van der Waals surface area contributed by atoms with Gasteiger partial charge < -0.3 is 14.8 Å². The molecule has 1 heterocycles. The lowest BCUT2D eigenvalue weighted by Gasteiger charge is -2.19. The molecule has 1 amide bonds. The third-order valence-electron chi connectivity index (χ3n) is 4.78. The van der Waals surface area contributed by atoms with Gasteiger partial charge in [0.1, 0.15) is 11.5 Å². The molecule has 1 aromatic heterocycles. The topological polar surface area (TPSA) is 113 Å². The first-order valence-corrected chi connectivity index (χ1v) is 11.2. The fraction of sp³-hybridized carbons (Fsp3) is 0.304. The predicted octanol–water partition coefficient (Wildman–Crippen LogP) is 3.92. The van der Waals surface area contributed by atoms with Gasteiger partial charge >= 0.3 is 0 Å². The molecule has 0 saturated heterocycles. The van der Waals surface area contributed by atoms with Crippen LogP contribution in [0.4, 0.5) is 0 Å². The molecule has 168 valence electrons. The van der Waals surface area contributed by atoms with Gasteiger partial charge in [-0.15, -0.1) is 10.2 Å². The second kappa shape index (κ2) is 9.86. The first-order chi connectivity index (χ1) is 15.2. The SMILES string of the molecule is CCn1c(SCC(=O)NN=Cc2ccc(O)cc2O)nnc1-c1ccc(C(C)(C)C)cc1. The number of hydrazone groups is 1. The number of hydrogen-bond acceptors (Lipinski definition) is 7. The number of hydrogen-bond donors (Lipinski definition) is 3. The van der Waals surface area contributed by atoms with Crippen LogP contribution in [0.3, 0.4) is 0 Å². The van der Waals surface area contributed by atoms with Gasteiger partial charge in [-0.25, -0.2) is 5.43 Å². The van der Waals surface area contributed by atoms with Crippen LogP contribution < -0.4 is 5.43 Å².